The Balaban J connectivity index is 3.51. The highest BCUT2D eigenvalue weighted by Gasteiger charge is 1.87. The van der Waals surface area contributed by atoms with Crippen molar-refractivity contribution in [3.05, 3.63) is 35.0 Å². The van der Waals surface area contributed by atoms with Gasteiger partial charge in [-0.05, 0) is 12.5 Å². The predicted molar refractivity (Wildman–Crippen MR) is 45.0 cm³/mol. The van der Waals surface area contributed by atoms with Gasteiger partial charge in [0.15, 0.2) is 0 Å². The smallest absolute Gasteiger partial charge is 0.0383 e. The van der Waals surface area contributed by atoms with E-state index in [-0.39, 0.29) is 0 Å². The zero-order valence-electron chi connectivity index (χ0n) is 6.15. The Hall–Kier alpha value is -1.24. The number of allylic oxidation sites excluding steroid dienone is 1. The maximum absolute atomic E-state index is 3.83. The average Bonchev–Trinajstić information content (AvgIpc) is 2.20. The van der Waals surface area contributed by atoms with Gasteiger partial charge in [-0.3, -0.25) is 0 Å². The molecular weight excluding hydrogens is 122 g/mol. The van der Waals surface area contributed by atoms with Gasteiger partial charge in [0.25, 0.3) is 0 Å². The first-order valence-electron chi connectivity index (χ1n) is 3.21. The van der Waals surface area contributed by atoms with E-state index in [1.807, 2.05) is 19.2 Å². The highest BCUT2D eigenvalue weighted by atomic mass is 14.6. The molecule has 1 heterocycles. The summed E-state index contributed by atoms with van der Waals surface area (Å²) in [5, 5.41) is 2.10. The summed E-state index contributed by atoms with van der Waals surface area (Å²) in [7, 11) is 0. The quantitative estimate of drug-likeness (QED) is 0.580. The molecule has 0 bridgehead atoms. The summed E-state index contributed by atoms with van der Waals surface area (Å²) in [5.74, 6) is 0. The molecule has 0 saturated carbocycles. The van der Waals surface area contributed by atoms with Gasteiger partial charge in [-0.15, -0.1) is 0 Å². The first kappa shape index (κ1) is 6.87. The van der Waals surface area contributed by atoms with Crippen molar-refractivity contribution in [2.45, 2.75) is 6.92 Å². The van der Waals surface area contributed by atoms with Crippen LogP contribution in [0.25, 0.3) is 12.7 Å². The SMILES string of the molecule is C=C/C=c1/c(C)c[nH]c1=C. The number of aromatic nitrogens is 1. The van der Waals surface area contributed by atoms with E-state index in [0.29, 0.717) is 0 Å². The van der Waals surface area contributed by atoms with Crippen LogP contribution in [0.1, 0.15) is 5.56 Å². The predicted octanol–water partition coefficient (Wildman–Crippen LogP) is 0.700. The molecule has 0 unspecified atom stereocenters. The Morgan fingerprint density at radius 2 is 2.30 bits per heavy atom. The van der Waals surface area contributed by atoms with Gasteiger partial charge in [-0.25, -0.2) is 0 Å². The van der Waals surface area contributed by atoms with Crippen molar-refractivity contribution >= 4 is 12.7 Å². The van der Waals surface area contributed by atoms with Gasteiger partial charge in [0.05, 0.1) is 0 Å². The molecule has 1 nitrogen and oxygen atoms in total. The molecule has 10 heavy (non-hydrogen) atoms. The van der Waals surface area contributed by atoms with Gasteiger partial charge in [-0.2, -0.15) is 0 Å². The minimum absolute atomic E-state index is 0.956. The summed E-state index contributed by atoms with van der Waals surface area (Å²) >= 11 is 0. The Kier molecular flexibility index (Phi) is 1.76. The molecule has 0 fully saturated rings. The number of hydrogen-bond donors (Lipinski definition) is 1. The van der Waals surface area contributed by atoms with Crippen molar-refractivity contribution in [1.82, 2.24) is 4.98 Å². The molecule has 0 aromatic carbocycles. The summed E-state index contributed by atoms with van der Waals surface area (Å²) in [6.07, 6.45) is 5.66. The Labute approximate surface area is 60.4 Å². The number of rotatable bonds is 1. The van der Waals surface area contributed by atoms with E-state index < -0.39 is 0 Å². The molecule has 0 spiro atoms. The number of hydrogen-bond acceptors (Lipinski definition) is 0. The van der Waals surface area contributed by atoms with Gasteiger partial charge >= 0.3 is 0 Å². The zero-order valence-corrected chi connectivity index (χ0v) is 6.15. The van der Waals surface area contributed by atoms with Crippen LogP contribution in [-0.4, -0.2) is 4.98 Å². The van der Waals surface area contributed by atoms with Crippen molar-refractivity contribution in [3.8, 4) is 0 Å². The number of H-pyrrole nitrogens is 1. The molecule has 0 aliphatic heterocycles. The van der Waals surface area contributed by atoms with Crippen LogP contribution in [-0.2, 0) is 0 Å². The topological polar surface area (TPSA) is 15.8 Å². The summed E-state index contributed by atoms with van der Waals surface area (Å²) in [5.41, 5.74) is 1.21. The third kappa shape index (κ3) is 1.03. The lowest BCUT2D eigenvalue weighted by molar-refractivity contribution is 1.32. The van der Waals surface area contributed by atoms with Crippen molar-refractivity contribution in [1.29, 1.82) is 0 Å². The lowest BCUT2D eigenvalue weighted by Crippen LogP contribution is -2.21. The first-order chi connectivity index (χ1) is 4.75. The summed E-state index contributed by atoms with van der Waals surface area (Å²) in [6, 6.07) is 0. The molecule has 1 aromatic rings. The molecule has 1 heteroatoms. The van der Waals surface area contributed by atoms with Crippen molar-refractivity contribution in [2.75, 3.05) is 0 Å². The van der Waals surface area contributed by atoms with E-state index in [9.17, 15) is 0 Å². The molecule has 1 rings (SSSR count). The highest BCUT2D eigenvalue weighted by Crippen LogP contribution is 1.78. The molecule has 0 radical (unpaired) electrons. The molecule has 0 aliphatic carbocycles. The van der Waals surface area contributed by atoms with E-state index in [2.05, 4.69) is 18.1 Å². The van der Waals surface area contributed by atoms with Crippen LogP contribution in [0.2, 0.25) is 0 Å². The number of nitrogens with one attached hydrogen (secondary N) is 1. The third-order valence-electron chi connectivity index (χ3n) is 1.50. The van der Waals surface area contributed by atoms with Crippen LogP contribution in [0, 0.1) is 6.92 Å². The van der Waals surface area contributed by atoms with Gasteiger partial charge in [0.2, 0.25) is 0 Å². The van der Waals surface area contributed by atoms with E-state index in [1.54, 1.807) is 6.08 Å². The second kappa shape index (κ2) is 2.56. The molecule has 0 amide bonds. The monoisotopic (exact) mass is 133 g/mol. The highest BCUT2D eigenvalue weighted by molar-refractivity contribution is 5.38. The fourth-order valence-corrected chi connectivity index (χ4v) is 0.939. The maximum Gasteiger partial charge on any atom is 0.0383 e. The van der Waals surface area contributed by atoms with Crippen LogP contribution in [0.4, 0.5) is 0 Å². The molecule has 0 aliphatic rings. The summed E-state index contributed by atoms with van der Waals surface area (Å²) in [4.78, 5) is 3.03. The summed E-state index contributed by atoms with van der Waals surface area (Å²) < 4.78 is 0. The van der Waals surface area contributed by atoms with E-state index in [4.69, 9.17) is 0 Å². The second-order valence-corrected chi connectivity index (χ2v) is 2.27. The third-order valence-corrected chi connectivity index (χ3v) is 1.50. The minimum Gasteiger partial charge on any atom is -0.361 e. The molecule has 52 valence electrons. The normalized spacial score (nSPS) is 11.9. The van der Waals surface area contributed by atoms with E-state index >= 15 is 0 Å². The Bertz CT molecular complexity index is 330. The first-order valence-corrected chi connectivity index (χ1v) is 3.21. The fraction of sp³-hybridized carbons (Fsp3) is 0.111. The Morgan fingerprint density at radius 3 is 2.70 bits per heavy atom. The largest absolute Gasteiger partial charge is 0.361 e. The van der Waals surface area contributed by atoms with Gasteiger partial charge in [-0.1, -0.05) is 25.3 Å². The second-order valence-electron chi connectivity index (χ2n) is 2.27. The average molecular weight is 133 g/mol. The van der Waals surface area contributed by atoms with Crippen LogP contribution >= 0.6 is 0 Å². The van der Waals surface area contributed by atoms with Crippen LogP contribution in [0.3, 0.4) is 0 Å². The van der Waals surface area contributed by atoms with Gasteiger partial charge in [0, 0.05) is 16.8 Å². The maximum atomic E-state index is 3.83. The van der Waals surface area contributed by atoms with Crippen LogP contribution in [0.5, 0.6) is 0 Å². The fourth-order valence-electron chi connectivity index (χ4n) is 0.939. The molecule has 0 saturated heterocycles. The van der Waals surface area contributed by atoms with E-state index in [1.165, 1.54) is 5.56 Å². The Morgan fingerprint density at radius 1 is 1.60 bits per heavy atom. The molecular formula is C9H11N. The van der Waals surface area contributed by atoms with Crippen molar-refractivity contribution in [2.24, 2.45) is 0 Å². The molecule has 0 atom stereocenters. The minimum atomic E-state index is 0.956. The molecule has 1 aromatic heterocycles. The number of aryl methyl sites for hydroxylation is 1. The zero-order chi connectivity index (χ0) is 7.56. The standard InChI is InChI=1S/C9H11N/c1-4-5-9-7(2)6-10-8(9)3/h4-6,10H,1,3H2,2H3/b9-5-. The lowest BCUT2D eigenvalue weighted by atomic mass is 10.3. The van der Waals surface area contributed by atoms with Crippen molar-refractivity contribution < 1.29 is 0 Å². The lowest BCUT2D eigenvalue weighted by Gasteiger charge is -1.77. The van der Waals surface area contributed by atoms with Crippen LogP contribution < -0.4 is 10.6 Å². The van der Waals surface area contributed by atoms with Gasteiger partial charge in [0.1, 0.15) is 0 Å². The summed E-state index contributed by atoms with van der Waals surface area (Å²) in [6.45, 7) is 9.49. The van der Waals surface area contributed by atoms with Crippen molar-refractivity contribution in [3.63, 3.8) is 0 Å². The molecule has 1 N–H and O–H groups in total. The number of aromatic amines is 1. The van der Waals surface area contributed by atoms with E-state index in [0.717, 1.165) is 10.6 Å². The van der Waals surface area contributed by atoms with Gasteiger partial charge < -0.3 is 4.98 Å². The van der Waals surface area contributed by atoms with Crippen LogP contribution in [0.15, 0.2) is 18.9 Å².